The maximum atomic E-state index is 12.8. The van der Waals surface area contributed by atoms with Crippen LogP contribution in [0.15, 0.2) is 47.6 Å². The lowest BCUT2D eigenvalue weighted by atomic mass is 10.0. The zero-order valence-electron chi connectivity index (χ0n) is 16.2. The monoisotopic (exact) mass is 389 g/mol. The molecule has 146 valence electrons. The fraction of sp³-hybridized carbons (Fsp3) is 0.400. The Balaban J connectivity index is 2.14. The second-order valence-electron chi connectivity index (χ2n) is 7.13. The maximum absolute atomic E-state index is 12.8. The summed E-state index contributed by atoms with van der Waals surface area (Å²) < 4.78 is 28.1. The van der Waals surface area contributed by atoms with E-state index >= 15 is 0 Å². The van der Waals surface area contributed by atoms with Crippen molar-refractivity contribution in [3.8, 4) is 0 Å². The van der Waals surface area contributed by atoms with Gasteiger partial charge in [-0.3, -0.25) is 9.78 Å². The number of benzene rings is 1. The van der Waals surface area contributed by atoms with Gasteiger partial charge >= 0.3 is 0 Å². The van der Waals surface area contributed by atoms with Crippen molar-refractivity contribution in [3.05, 3.63) is 59.4 Å². The summed E-state index contributed by atoms with van der Waals surface area (Å²) in [6.45, 7) is 7.98. The van der Waals surface area contributed by atoms with Crippen molar-refractivity contribution in [3.63, 3.8) is 0 Å². The van der Waals surface area contributed by atoms with Gasteiger partial charge in [0.1, 0.15) is 6.04 Å². The Hall–Kier alpha value is -2.25. The molecule has 2 rings (SSSR count). The normalized spacial score (nSPS) is 12.8. The van der Waals surface area contributed by atoms with Crippen molar-refractivity contribution in [2.24, 2.45) is 5.92 Å². The highest BCUT2D eigenvalue weighted by molar-refractivity contribution is 7.89. The van der Waals surface area contributed by atoms with Gasteiger partial charge in [0.25, 0.3) is 0 Å². The van der Waals surface area contributed by atoms with Gasteiger partial charge in [-0.15, -0.1) is 0 Å². The number of sulfonamides is 1. The fourth-order valence-electron chi connectivity index (χ4n) is 2.63. The molecular formula is C20H27N3O3S. The molecule has 1 atom stereocenters. The Labute approximate surface area is 161 Å². The van der Waals surface area contributed by atoms with Crippen LogP contribution in [0.4, 0.5) is 0 Å². The van der Waals surface area contributed by atoms with Crippen LogP contribution in [0.3, 0.4) is 0 Å². The van der Waals surface area contributed by atoms with Crippen LogP contribution in [0.25, 0.3) is 0 Å². The summed E-state index contributed by atoms with van der Waals surface area (Å²) in [4.78, 5) is 16.8. The summed E-state index contributed by atoms with van der Waals surface area (Å²) in [6, 6.07) is 7.75. The number of nitrogens with one attached hydrogen (secondary N) is 2. The molecule has 0 spiro atoms. The van der Waals surface area contributed by atoms with Gasteiger partial charge in [0.2, 0.25) is 15.9 Å². The van der Waals surface area contributed by atoms with Gasteiger partial charge in [0.05, 0.1) is 4.90 Å². The molecule has 0 aliphatic rings. The Morgan fingerprint density at radius 1 is 1.15 bits per heavy atom. The second kappa shape index (κ2) is 9.10. The Morgan fingerprint density at radius 2 is 1.89 bits per heavy atom. The molecule has 2 aromatic rings. The first-order chi connectivity index (χ1) is 12.7. The molecule has 0 unspecified atom stereocenters. The molecule has 1 aromatic carbocycles. The van der Waals surface area contributed by atoms with Crippen LogP contribution in [-0.4, -0.2) is 25.4 Å². The van der Waals surface area contributed by atoms with Gasteiger partial charge in [-0.25, -0.2) is 8.42 Å². The average Bonchev–Trinajstić information content (AvgIpc) is 2.61. The molecule has 1 aromatic heterocycles. The number of nitrogens with zero attached hydrogens (tertiary/aromatic N) is 1. The van der Waals surface area contributed by atoms with Crippen LogP contribution in [0, 0.1) is 19.8 Å². The molecule has 0 bridgehead atoms. The third kappa shape index (κ3) is 6.15. The van der Waals surface area contributed by atoms with Crippen LogP contribution in [0.1, 0.15) is 37.0 Å². The molecule has 1 amide bonds. The zero-order chi connectivity index (χ0) is 20.0. The van der Waals surface area contributed by atoms with E-state index in [4.69, 9.17) is 0 Å². The van der Waals surface area contributed by atoms with E-state index in [2.05, 4.69) is 15.0 Å². The van der Waals surface area contributed by atoms with Crippen molar-refractivity contribution in [1.82, 2.24) is 15.0 Å². The largest absolute Gasteiger partial charge is 0.351 e. The topological polar surface area (TPSA) is 88.2 Å². The van der Waals surface area contributed by atoms with Crippen molar-refractivity contribution < 1.29 is 13.2 Å². The molecule has 0 aliphatic heterocycles. The number of hydrogen-bond acceptors (Lipinski definition) is 4. The number of carbonyl (C=O) groups is 1. The van der Waals surface area contributed by atoms with E-state index in [1.165, 1.54) is 0 Å². The number of rotatable bonds is 8. The molecule has 0 fully saturated rings. The van der Waals surface area contributed by atoms with E-state index in [1.54, 1.807) is 36.7 Å². The van der Waals surface area contributed by atoms with Gasteiger partial charge in [0.15, 0.2) is 0 Å². The van der Waals surface area contributed by atoms with Crippen LogP contribution < -0.4 is 10.0 Å². The van der Waals surface area contributed by atoms with Crippen LogP contribution in [0.2, 0.25) is 0 Å². The van der Waals surface area contributed by atoms with Gasteiger partial charge in [0, 0.05) is 18.9 Å². The Morgan fingerprint density at radius 3 is 2.48 bits per heavy atom. The number of aromatic nitrogens is 1. The smallest absolute Gasteiger partial charge is 0.241 e. The third-order valence-electron chi connectivity index (χ3n) is 4.30. The SMILES string of the molecule is Cc1ccc(S(=O)(=O)N[C@H](CC(C)C)C(=O)NCc2cccnc2)cc1C. The molecule has 0 saturated carbocycles. The van der Waals surface area contributed by atoms with Crippen LogP contribution >= 0.6 is 0 Å². The average molecular weight is 390 g/mol. The Bertz CT molecular complexity index is 881. The molecule has 1 heterocycles. The van der Waals surface area contributed by atoms with E-state index in [0.717, 1.165) is 16.7 Å². The van der Waals surface area contributed by atoms with Gasteiger partial charge < -0.3 is 5.32 Å². The lowest BCUT2D eigenvalue weighted by Crippen LogP contribution is -2.47. The lowest BCUT2D eigenvalue weighted by molar-refractivity contribution is -0.123. The van der Waals surface area contributed by atoms with Crippen LogP contribution in [0.5, 0.6) is 0 Å². The van der Waals surface area contributed by atoms with Gasteiger partial charge in [-0.05, 0) is 61.1 Å². The van der Waals surface area contributed by atoms with Gasteiger partial charge in [-0.1, -0.05) is 26.0 Å². The molecule has 0 radical (unpaired) electrons. The lowest BCUT2D eigenvalue weighted by Gasteiger charge is -2.20. The molecule has 6 nitrogen and oxygen atoms in total. The molecule has 27 heavy (non-hydrogen) atoms. The van der Waals surface area contributed by atoms with E-state index in [1.807, 2.05) is 33.8 Å². The highest BCUT2D eigenvalue weighted by atomic mass is 32.2. The molecule has 0 saturated heterocycles. The Kier molecular flexibility index (Phi) is 7.10. The summed E-state index contributed by atoms with van der Waals surface area (Å²) in [6.07, 6.45) is 3.73. The van der Waals surface area contributed by atoms with Crippen molar-refractivity contribution >= 4 is 15.9 Å². The highest BCUT2D eigenvalue weighted by Crippen LogP contribution is 2.16. The summed E-state index contributed by atoms with van der Waals surface area (Å²) in [5.41, 5.74) is 2.76. The molecule has 0 aliphatic carbocycles. The quantitative estimate of drug-likeness (QED) is 0.727. The number of carbonyl (C=O) groups excluding carboxylic acids is 1. The number of aryl methyl sites for hydroxylation is 2. The van der Waals surface area contributed by atoms with E-state index in [-0.39, 0.29) is 16.7 Å². The predicted molar refractivity (Wildman–Crippen MR) is 106 cm³/mol. The van der Waals surface area contributed by atoms with Crippen molar-refractivity contribution in [2.45, 2.75) is 51.6 Å². The maximum Gasteiger partial charge on any atom is 0.241 e. The number of pyridine rings is 1. The standard InChI is InChI=1S/C20H27N3O3S/c1-14(2)10-19(20(24)22-13-17-6-5-9-21-12-17)23-27(25,26)18-8-7-15(3)16(4)11-18/h5-9,11-12,14,19,23H,10,13H2,1-4H3,(H,22,24)/t19-/m1/s1. The number of hydrogen-bond donors (Lipinski definition) is 2. The molecule has 2 N–H and O–H groups in total. The van der Waals surface area contributed by atoms with E-state index in [0.29, 0.717) is 13.0 Å². The van der Waals surface area contributed by atoms with Gasteiger partial charge in [-0.2, -0.15) is 4.72 Å². The minimum Gasteiger partial charge on any atom is -0.351 e. The second-order valence-corrected chi connectivity index (χ2v) is 8.84. The van der Waals surface area contributed by atoms with Crippen molar-refractivity contribution in [1.29, 1.82) is 0 Å². The molecular weight excluding hydrogens is 362 g/mol. The van der Waals surface area contributed by atoms with E-state index < -0.39 is 16.1 Å². The van der Waals surface area contributed by atoms with Crippen molar-refractivity contribution in [2.75, 3.05) is 0 Å². The minimum absolute atomic E-state index is 0.154. The minimum atomic E-state index is -3.80. The highest BCUT2D eigenvalue weighted by Gasteiger charge is 2.26. The van der Waals surface area contributed by atoms with E-state index in [9.17, 15) is 13.2 Å². The van der Waals surface area contributed by atoms with Crippen LogP contribution in [-0.2, 0) is 21.4 Å². The predicted octanol–water partition coefficient (Wildman–Crippen LogP) is 2.71. The zero-order valence-corrected chi connectivity index (χ0v) is 17.0. The number of amides is 1. The summed E-state index contributed by atoms with van der Waals surface area (Å²) in [5, 5.41) is 2.79. The fourth-order valence-corrected chi connectivity index (χ4v) is 3.92. The first-order valence-electron chi connectivity index (χ1n) is 8.95. The third-order valence-corrected chi connectivity index (χ3v) is 5.77. The summed E-state index contributed by atoms with van der Waals surface area (Å²) in [5.74, 6) is -0.193. The first-order valence-corrected chi connectivity index (χ1v) is 10.4. The molecule has 7 heteroatoms. The summed E-state index contributed by atoms with van der Waals surface area (Å²) in [7, 11) is -3.80. The first kappa shape index (κ1) is 21.1. The summed E-state index contributed by atoms with van der Waals surface area (Å²) >= 11 is 0.